The van der Waals surface area contributed by atoms with E-state index in [4.69, 9.17) is 4.74 Å². The summed E-state index contributed by atoms with van der Waals surface area (Å²) < 4.78 is 5.13. The van der Waals surface area contributed by atoms with Crippen molar-refractivity contribution in [3.8, 4) is 0 Å². The van der Waals surface area contributed by atoms with Crippen LogP contribution in [0.25, 0.3) is 0 Å². The van der Waals surface area contributed by atoms with Crippen molar-refractivity contribution in [2.75, 3.05) is 17.2 Å². The number of hydrogen-bond donors (Lipinski definition) is 2. The number of para-hydroxylation sites is 1. The van der Waals surface area contributed by atoms with E-state index in [0.717, 1.165) is 22.5 Å². The average molecular weight is 376 g/mol. The minimum absolute atomic E-state index is 0.323. The average Bonchev–Trinajstić information content (AvgIpc) is 2.61. The lowest BCUT2D eigenvalue weighted by Gasteiger charge is -2.13. The molecular formula is C22H24N4O2. The molecule has 0 bridgehead atoms. The van der Waals surface area contributed by atoms with Crippen molar-refractivity contribution in [3.63, 3.8) is 0 Å². The Morgan fingerprint density at radius 1 is 0.964 bits per heavy atom. The summed E-state index contributed by atoms with van der Waals surface area (Å²) in [6, 6.07) is 15.2. The van der Waals surface area contributed by atoms with Crippen LogP contribution in [0.2, 0.25) is 0 Å². The maximum absolute atomic E-state index is 12.2. The second-order valence-electron chi connectivity index (χ2n) is 6.61. The van der Waals surface area contributed by atoms with Gasteiger partial charge in [0.05, 0.1) is 17.9 Å². The Kier molecular flexibility index (Phi) is 5.89. The summed E-state index contributed by atoms with van der Waals surface area (Å²) in [7, 11) is 0. The third-order valence-corrected chi connectivity index (χ3v) is 4.02. The number of carbonyl (C=O) groups is 1. The van der Waals surface area contributed by atoms with Crippen LogP contribution in [0.4, 0.5) is 23.1 Å². The molecule has 0 unspecified atom stereocenters. The molecule has 6 nitrogen and oxygen atoms in total. The van der Waals surface area contributed by atoms with E-state index >= 15 is 0 Å². The molecule has 0 aliphatic heterocycles. The zero-order valence-corrected chi connectivity index (χ0v) is 16.5. The minimum atomic E-state index is -0.370. The lowest BCUT2D eigenvalue weighted by Crippen LogP contribution is -2.09. The Hall–Kier alpha value is -3.41. The first-order valence-corrected chi connectivity index (χ1v) is 9.19. The van der Waals surface area contributed by atoms with Gasteiger partial charge in [-0.1, -0.05) is 18.2 Å². The molecule has 1 heterocycles. The zero-order chi connectivity index (χ0) is 20.1. The molecule has 1 aromatic heterocycles. The summed E-state index contributed by atoms with van der Waals surface area (Å²) in [6.07, 6.45) is 0. The summed E-state index contributed by atoms with van der Waals surface area (Å²) in [5, 5.41) is 6.47. The van der Waals surface area contributed by atoms with E-state index in [0.29, 0.717) is 29.6 Å². The van der Waals surface area contributed by atoms with Crippen LogP contribution >= 0.6 is 0 Å². The lowest BCUT2D eigenvalue weighted by atomic mass is 10.1. The lowest BCUT2D eigenvalue weighted by molar-refractivity contribution is 0.0527. The highest BCUT2D eigenvalue weighted by molar-refractivity contribution is 5.96. The zero-order valence-electron chi connectivity index (χ0n) is 16.5. The fourth-order valence-electron chi connectivity index (χ4n) is 2.98. The molecule has 0 fully saturated rings. The number of aromatic nitrogens is 2. The van der Waals surface area contributed by atoms with Gasteiger partial charge >= 0.3 is 5.97 Å². The van der Waals surface area contributed by atoms with Crippen molar-refractivity contribution in [2.45, 2.75) is 27.7 Å². The van der Waals surface area contributed by atoms with Crippen LogP contribution < -0.4 is 10.6 Å². The Morgan fingerprint density at radius 3 is 2.39 bits per heavy atom. The second kappa shape index (κ2) is 8.52. The summed E-state index contributed by atoms with van der Waals surface area (Å²) in [6.45, 7) is 8.11. The number of rotatable bonds is 6. The van der Waals surface area contributed by atoms with Gasteiger partial charge in [0.1, 0.15) is 5.82 Å². The third-order valence-electron chi connectivity index (χ3n) is 4.02. The SMILES string of the molecule is CCOC(=O)c1ccccc1Nc1cc(C)nc(Nc2cc(C)cc(C)c2)n1. The standard InChI is InChI=1S/C22H24N4O2/c1-5-28-21(27)18-8-6-7-9-19(18)25-20-13-16(4)23-22(26-20)24-17-11-14(2)10-15(3)12-17/h6-13H,5H2,1-4H3,(H2,23,24,25,26). The molecule has 0 spiro atoms. The molecule has 0 amide bonds. The van der Waals surface area contributed by atoms with E-state index in [2.05, 4.69) is 40.5 Å². The topological polar surface area (TPSA) is 76.1 Å². The molecule has 0 aliphatic rings. The van der Waals surface area contributed by atoms with E-state index in [9.17, 15) is 4.79 Å². The summed E-state index contributed by atoms with van der Waals surface area (Å²) >= 11 is 0. The summed E-state index contributed by atoms with van der Waals surface area (Å²) in [4.78, 5) is 21.2. The molecule has 0 saturated carbocycles. The highest BCUT2D eigenvalue weighted by atomic mass is 16.5. The Bertz CT molecular complexity index is 981. The van der Waals surface area contributed by atoms with Gasteiger partial charge in [-0.15, -0.1) is 0 Å². The number of anilines is 4. The fraction of sp³-hybridized carbons (Fsp3) is 0.227. The number of carbonyl (C=O) groups excluding carboxylic acids is 1. The monoisotopic (exact) mass is 376 g/mol. The van der Waals surface area contributed by atoms with Gasteiger partial charge in [-0.25, -0.2) is 9.78 Å². The number of benzene rings is 2. The van der Waals surface area contributed by atoms with Crippen LogP contribution in [-0.2, 0) is 4.74 Å². The molecule has 6 heteroatoms. The predicted octanol–water partition coefficient (Wildman–Crippen LogP) is 5.07. The number of esters is 1. The number of nitrogens with zero attached hydrogens (tertiary/aromatic N) is 2. The number of nitrogens with one attached hydrogen (secondary N) is 2. The summed E-state index contributed by atoms with van der Waals surface area (Å²) in [5.41, 5.74) is 5.16. The van der Waals surface area contributed by atoms with Crippen molar-refractivity contribution in [1.29, 1.82) is 0 Å². The van der Waals surface area contributed by atoms with E-state index < -0.39 is 0 Å². The molecule has 0 atom stereocenters. The molecular weight excluding hydrogens is 352 g/mol. The number of ether oxygens (including phenoxy) is 1. The van der Waals surface area contributed by atoms with Crippen molar-refractivity contribution in [2.24, 2.45) is 0 Å². The largest absolute Gasteiger partial charge is 0.462 e. The smallest absolute Gasteiger partial charge is 0.340 e. The van der Waals surface area contributed by atoms with Gasteiger partial charge in [-0.3, -0.25) is 0 Å². The normalized spacial score (nSPS) is 10.4. The van der Waals surface area contributed by atoms with Crippen LogP contribution in [0.1, 0.15) is 34.1 Å². The molecule has 3 rings (SSSR count). The molecule has 0 aliphatic carbocycles. The van der Waals surface area contributed by atoms with E-state index in [1.807, 2.05) is 37.3 Å². The fourth-order valence-corrected chi connectivity index (χ4v) is 2.98. The van der Waals surface area contributed by atoms with Crippen molar-refractivity contribution < 1.29 is 9.53 Å². The Morgan fingerprint density at radius 2 is 1.68 bits per heavy atom. The molecule has 0 saturated heterocycles. The van der Waals surface area contributed by atoms with Gasteiger partial charge in [0.15, 0.2) is 0 Å². The van der Waals surface area contributed by atoms with Crippen molar-refractivity contribution in [3.05, 3.63) is 70.9 Å². The second-order valence-corrected chi connectivity index (χ2v) is 6.61. The van der Waals surface area contributed by atoms with Crippen LogP contribution in [-0.4, -0.2) is 22.5 Å². The first-order chi connectivity index (χ1) is 13.4. The highest BCUT2D eigenvalue weighted by Gasteiger charge is 2.13. The van der Waals surface area contributed by atoms with Gasteiger partial charge in [0, 0.05) is 17.4 Å². The maximum atomic E-state index is 12.2. The van der Waals surface area contributed by atoms with E-state index in [-0.39, 0.29) is 5.97 Å². The van der Waals surface area contributed by atoms with Crippen molar-refractivity contribution >= 4 is 29.1 Å². The third kappa shape index (κ3) is 4.85. The predicted molar refractivity (Wildman–Crippen MR) is 112 cm³/mol. The van der Waals surface area contributed by atoms with Crippen LogP contribution in [0.15, 0.2) is 48.5 Å². The van der Waals surface area contributed by atoms with E-state index in [1.54, 1.807) is 19.1 Å². The molecule has 0 radical (unpaired) electrons. The molecule has 3 aromatic rings. The molecule has 2 aromatic carbocycles. The molecule has 144 valence electrons. The first-order valence-electron chi connectivity index (χ1n) is 9.19. The van der Waals surface area contributed by atoms with E-state index in [1.165, 1.54) is 0 Å². The number of hydrogen-bond acceptors (Lipinski definition) is 6. The number of aryl methyl sites for hydroxylation is 3. The molecule has 2 N–H and O–H groups in total. The van der Waals surface area contributed by atoms with Gasteiger partial charge in [0.2, 0.25) is 5.95 Å². The quantitative estimate of drug-likeness (QED) is 0.585. The first kappa shape index (κ1) is 19.4. The highest BCUT2D eigenvalue weighted by Crippen LogP contribution is 2.23. The summed E-state index contributed by atoms with van der Waals surface area (Å²) in [5.74, 6) is 0.710. The van der Waals surface area contributed by atoms with Gasteiger partial charge in [-0.2, -0.15) is 4.98 Å². The van der Waals surface area contributed by atoms with Crippen LogP contribution in [0, 0.1) is 20.8 Å². The maximum Gasteiger partial charge on any atom is 0.340 e. The van der Waals surface area contributed by atoms with Crippen LogP contribution in [0.5, 0.6) is 0 Å². The van der Waals surface area contributed by atoms with Gasteiger partial charge in [-0.05, 0) is 63.1 Å². The van der Waals surface area contributed by atoms with Crippen LogP contribution in [0.3, 0.4) is 0 Å². The van der Waals surface area contributed by atoms with Gasteiger partial charge < -0.3 is 15.4 Å². The Balaban J connectivity index is 1.87. The Labute approximate surface area is 165 Å². The van der Waals surface area contributed by atoms with Gasteiger partial charge in [0.25, 0.3) is 0 Å². The van der Waals surface area contributed by atoms with Crippen molar-refractivity contribution in [1.82, 2.24) is 9.97 Å². The molecule has 28 heavy (non-hydrogen) atoms. The minimum Gasteiger partial charge on any atom is -0.462 e.